The van der Waals surface area contributed by atoms with E-state index >= 15 is 0 Å². The van der Waals surface area contributed by atoms with E-state index in [4.69, 9.17) is 32.5 Å². The van der Waals surface area contributed by atoms with Gasteiger partial charge in [0.05, 0.1) is 25.4 Å². The molecule has 0 radical (unpaired) electrons. The van der Waals surface area contributed by atoms with E-state index in [0.717, 1.165) is 0 Å². The molecule has 4 amide bonds. The third-order valence-corrected chi connectivity index (χ3v) is 4.93. The molecule has 214 valence electrons. The van der Waals surface area contributed by atoms with Gasteiger partial charge in [0.1, 0.15) is 18.1 Å². The molecule has 0 bridgehead atoms. The Hall–Kier alpha value is -4.13. The first-order chi connectivity index (χ1) is 17.7. The van der Waals surface area contributed by atoms with E-state index < -0.39 is 85.1 Å². The number of hydrogen-bond donors (Lipinski definition) is 11. The van der Waals surface area contributed by atoms with Gasteiger partial charge in [0.15, 0.2) is 5.96 Å². The SMILES string of the molecule is NC(N)=NCCCC(N)C(=O)NCC(=O)NC(CC(=O)O)C(=O)NC(CC(=O)O)C(=O)NC(CS)C(=O)O. The van der Waals surface area contributed by atoms with Gasteiger partial charge in [-0.3, -0.25) is 33.8 Å². The van der Waals surface area contributed by atoms with Crippen LogP contribution in [0.5, 0.6) is 0 Å². The van der Waals surface area contributed by atoms with Crippen LogP contribution in [0.4, 0.5) is 0 Å². The Bertz CT molecular complexity index is 927. The summed E-state index contributed by atoms with van der Waals surface area (Å²) in [6.45, 7) is -0.465. The summed E-state index contributed by atoms with van der Waals surface area (Å²) in [6, 6.07) is -6.12. The van der Waals surface area contributed by atoms with Crippen molar-refractivity contribution in [1.29, 1.82) is 0 Å². The number of nitrogens with one attached hydrogen (secondary N) is 4. The molecule has 0 aliphatic heterocycles. The van der Waals surface area contributed by atoms with Gasteiger partial charge in [-0.15, -0.1) is 0 Å². The molecule has 4 atom stereocenters. The summed E-state index contributed by atoms with van der Waals surface area (Å²) < 4.78 is 0. The molecule has 0 aromatic heterocycles. The van der Waals surface area contributed by atoms with Gasteiger partial charge in [-0.25, -0.2) is 4.79 Å². The Morgan fingerprint density at radius 2 is 1.29 bits per heavy atom. The number of amides is 4. The zero-order valence-corrected chi connectivity index (χ0v) is 21.0. The van der Waals surface area contributed by atoms with Crippen molar-refractivity contribution < 1.29 is 48.9 Å². The lowest BCUT2D eigenvalue weighted by Crippen LogP contribution is -2.57. The molecule has 0 saturated carbocycles. The summed E-state index contributed by atoms with van der Waals surface area (Å²) in [5.74, 6) is -9.18. The third kappa shape index (κ3) is 14.4. The fraction of sp³-hybridized carbons (Fsp3) is 0.579. The number of carbonyl (C=O) groups is 7. The van der Waals surface area contributed by atoms with E-state index in [1.165, 1.54) is 0 Å². The third-order valence-electron chi connectivity index (χ3n) is 4.57. The molecule has 18 nitrogen and oxygen atoms in total. The normalized spacial score (nSPS) is 13.5. The fourth-order valence-electron chi connectivity index (χ4n) is 2.69. The molecule has 0 aromatic rings. The monoisotopic (exact) mass is 564 g/mol. The van der Waals surface area contributed by atoms with Gasteiger partial charge in [-0.05, 0) is 12.8 Å². The van der Waals surface area contributed by atoms with Crippen molar-refractivity contribution in [2.24, 2.45) is 22.2 Å². The Balaban J connectivity index is 5.19. The average molecular weight is 565 g/mol. The Kier molecular flexibility index (Phi) is 15.5. The van der Waals surface area contributed by atoms with Gasteiger partial charge < -0.3 is 53.8 Å². The summed E-state index contributed by atoms with van der Waals surface area (Å²) in [6.07, 6.45) is -1.41. The fourth-order valence-corrected chi connectivity index (χ4v) is 2.94. The summed E-state index contributed by atoms with van der Waals surface area (Å²) in [5.41, 5.74) is 16.1. The molecule has 0 aliphatic rings. The number of carboxylic acid groups (broad SMARTS) is 3. The number of aliphatic carboxylic acids is 3. The van der Waals surface area contributed by atoms with Crippen molar-refractivity contribution in [2.75, 3.05) is 18.8 Å². The van der Waals surface area contributed by atoms with Crippen LogP contribution < -0.4 is 38.5 Å². The number of aliphatic imine (C=N–C) groups is 1. The average Bonchev–Trinajstić information content (AvgIpc) is 2.81. The molecular weight excluding hydrogens is 532 g/mol. The molecule has 13 N–H and O–H groups in total. The van der Waals surface area contributed by atoms with Crippen LogP contribution in [0, 0.1) is 0 Å². The minimum Gasteiger partial charge on any atom is -0.481 e. The summed E-state index contributed by atoms with van der Waals surface area (Å²) in [5, 5.41) is 35.4. The molecule has 0 heterocycles. The van der Waals surface area contributed by atoms with Crippen LogP contribution in [-0.4, -0.2) is 106 Å². The van der Waals surface area contributed by atoms with Gasteiger partial charge in [0.2, 0.25) is 23.6 Å². The van der Waals surface area contributed by atoms with Crippen LogP contribution in [0.15, 0.2) is 4.99 Å². The zero-order valence-electron chi connectivity index (χ0n) is 20.1. The standard InChI is InChI=1S/C19H32N8O10S/c20-8(2-1-3-23-19(21)22)15(33)24-6-12(28)25-9(4-13(29)30)16(34)26-10(5-14(31)32)17(35)27-11(7-38)18(36)37/h8-11,38H,1-7,20H2,(H,24,33)(H,25,28)(H,26,34)(H,27,35)(H,29,30)(H,31,32)(H,36,37)(H4,21,22,23). The van der Waals surface area contributed by atoms with Crippen LogP contribution in [-0.2, 0) is 33.6 Å². The molecule has 38 heavy (non-hydrogen) atoms. The van der Waals surface area contributed by atoms with Crippen molar-refractivity contribution in [2.45, 2.75) is 49.9 Å². The second-order valence-electron chi connectivity index (χ2n) is 7.73. The van der Waals surface area contributed by atoms with Crippen molar-refractivity contribution in [3.63, 3.8) is 0 Å². The van der Waals surface area contributed by atoms with Gasteiger partial charge in [-0.2, -0.15) is 12.6 Å². The van der Waals surface area contributed by atoms with E-state index in [1.54, 1.807) is 0 Å². The molecule has 0 aromatic carbocycles. The van der Waals surface area contributed by atoms with E-state index in [0.29, 0.717) is 6.42 Å². The van der Waals surface area contributed by atoms with Crippen LogP contribution in [0.3, 0.4) is 0 Å². The lowest BCUT2D eigenvalue weighted by atomic mass is 10.1. The molecule has 19 heteroatoms. The number of nitrogens with two attached hydrogens (primary N) is 3. The number of thiol groups is 1. The molecule has 0 saturated heterocycles. The van der Waals surface area contributed by atoms with Gasteiger partial charge in [-0.1, -0.05) is 0 Å². The Morgan fingerprint density at radius 3 is 1.74 bits per heavy atom. The summed E-state index contributed by atoms with van der Waals surface area (Å²) in [7, 11) is 0. The van der Waals surface area contributed by atoms with E-state index in [-0.39, 0.29) is 24.7 Å². The smallest absolute Gasteiger partial charge is 0.327 e. The molecule has 0 rings (SSSR count). The maximum atomic E-state index is 12.6. The number of guanidine groups is 1. The quantitative estimate of drug-likeness (QED) is 0.0321. The Labute approximate surface area is 221 Å². The van der Waals surface area contributed by atoms with Gasteiger partial charge >= 0.3 is 17.9 Å². The van der Waals surface area contributed by atoms with Crippen molar-refractivity contribution in [3.05, 3.63) is 0 Å². The molecule has 0 fully saturated rings. The lowest BCUT2D eigenvalue weighted by molar-refractivity contribution is -0.144. The largest absolute Gasteiger partial charge is 0.481 e. The number of hydrogen-bond acceptors (Lipinski definition) is 10. The second-order valence-corrected chi connectivity index (χ2v) is 8.10. The van der Waals surface area contributed by atoms with E-state index in [1.807, 2.05) is 10.6 Å². The van der Waals surface area contributed by atoms with E-state index in [2.05, 4.69) is 28.3 Å². The second kappa shape index (κ2) is 17.3. The maximum absolute atomic E-state index is 12.6. The highest BCUT2D eigenvalue weighted by Gasteiger charge is 2.31. The van der Waals surface area contributed by atoms with Crippen molar-refractivity contribution >= 4 is 60.1 Å². The van der Waals surface area contributed by atoms with Crippen LogP contribution in [0.1, 0.15) is 25.7 Å². The maximum Gasteiger partial charge on any atom is 0.327 e. The van der Waals surface area contributed by atoms with Gasteiger partial charge in [0, 0.05) is 12.3 Å². The van der Waals surface area contributed by atoms with Crippen LogP contribution in [0.2, 0.25) is 0 Å². The van der Waals surface area contributed by atoms with Crippen molar-refractivity contribution in [1.82, 2.24) is 21.3 Å². The zero-order chi connectivity index (χ0) is 29.4. The minimum absolute atomic E-state index is 0.128. The topological polar surface area (TPSA) is 319 Å². The van der Waals surface area contributed by atoms with E-state index in [9.17, 15) is 33.6 Å². The van der Waals surface area contributed by atoms with Gasteiger partial charge in [0.25, 0.3) is 0 Å². The molecule has 0 spiro atoms. The number of carboxylic acids is 3. The minimum atomic E-state index is -1.81. The first-order valence-electron chi connectivity index (χ1n) is 10.9. The highest BCUT2D eigenvalue weighted by molar-refractivity contribution is 7.80. The highest BCUT2D eigenvalue weighted by atomic mass is 32.1. The number of carbonyl (C=O) groups excluding carboxylic acids is 4. The summed E-state index contributed by atoms with van der Waals surface area (Å²) in [4.78, 5) is 86.4. The highest BCUT2D eigenvalue weighted by Crippen LogP contribution is 2.01. The first kappa shape index (κ1) is 33.9. The summed E-state index contributed by atoms with van der Waals surface area (Å²) >= 11 is 3.76. The van der Waals surface area contributed by atoms with Crippen LogP contribution >= 0.6 is 12.6 Å². The lowest BCUT2D eigenvalue weighted by Gasteiger charge is -2.23. The van der Waals surface area contributed by atoms with Crippen molar-refractivity contribution in [3.8, 4) is 0 Å². The number of rotatable bonds is 18. The Morgan fingerprint density at radius 1 is 0.789 bits per heavy atom. The first-order valence-corrected chi connectivity index (χ1v) is 11.6. The molecular formula is C19H32N8O10S. The molecule has 4 unspecified atom stereocenters. The predicted octanol–water partition coefficient (Wildman–Crippen LogP) is -5.10. The predicted molar refractivity (Wildman–Crippen MR) is 133 cm³/mol. The van der Waals surface area contributed by atoms with Crippen LogP contribution in [0.25, 0.3) is 0 Å². The number of nitrogens with zero attached hydrogens (tertiary/aromatic N) is 1. The molecule has 0 aliphatic carbocycles.